The topological polar surface area (TPSA) is 119 Å². The van der Waals surface area contributed by atoms with E-state index in [0.29, 0.717) is 27.4 Å². The molecule has 5 rings (SSSR count). The number of halogens is 3. The van der Waals surface area contributed by atoms with Crippen LogP contribution in [-0.4, -0.2) is 38.8 Å². The van der Waals surface area contributed by atoms with Crippen LogP contribution in [0.5, 0.6) is 11.5 Å². The second-order valence-corrected chi connectivity index (χ2v) is 11.2. The van der Waals surface area contributed by atoms with Crippen molar-refractivity contribution in [2.45, 2.75) is 39.1 Å². The molecule has 1 N–H and O–H groups in total. The number of hydrogen-bond acceptors (Lipinski definition) is 7. The van der Waals surface area contributed by atoms with E-state index in [2.05, 4.69) is 45.0 Å². The van der Waals surface area contributed by atoms with E-state index in [1.807, 2.05) is 35.1 Å². The number of hydrogen-bond donors (Lipinski definition) is 1. The number of carbonyl (C=O) groups is 1. The number of ether oxygens (including phenoxy) is 2. The van der Waals surface area contributed by atoms with E-state index < -0.39 is 18.4 Å². The van der Waals surface area contributed by atoms with Gasteiger partial charge in [-0.25, -0.2) is 14.5 Å². The zero-order valence-electron chi connectivity index (χ0n) is 25.1. The first kappa shape index (κ1) is 32.0. The molecule has 2 amide bonds. The Labute approximate surface area is 266 Å². The molecule has 0 aliphatic rings. The van der Waals surface area contributed by atoms with Crippen LogP contribution in [0.2, 0.25) is 0 Å². The summed E-state index contributed by atoms with van der Waals surface area (Å²) in [6.45, 7) is 6.09. The van der Waals surface area contributed by atoms with Crippen molar-refractivity contribution in [1.82, 2.24) is 24.6 Å². The highest BCUT2D eigenvalue weighted by atomic mass is 32.1. The fourth-order valence-electron chi connectivity index (χ4n) is 4.67. The summed E-state index contributed by atoms with van der Waals surface area (Å²) in [6.07, 6.45) is -3.35. The van der Waals surface area contributed by atoms with Gasteiger partial charge in [0.15, 0.2) is 10.6 Å². The Hall–Kier alpha value is -5.42. The van der Waals surface area contributed by atoms with Crippen molar-refractivity contribution in [3.05, 3.63) is 100 Å². The number of nitrogens with zero attached hydrogens (tertiary/aromatic N) is 6. The van der Waals surface area contributed by atoms with Gasteiger partial charge in [0.05, 0.1) is 24.6 Å². The molecule has 10 nitrogen and oxygen atoms in total. The molecule has 14 heteroatoms. The molecule has 236 valence electrons. The van der Waals surface area contributed by atoms with Gasteiger partial charge in [0.25, 0.3) is 0 Å². The fraction of sp³-hybridized carbons (Fsp3) is 0.219. The standard InChI is InChI=1S/C32H28F3N7O3S/c1-19(2)26-15-25(44-4)13-14-28(26)42-20(3)17-46-31(42)39-30(43)38-27(16-36)21-5-7-22(8-6-21)29-37-18-41(40-29)23-9-11-24(12-10-23)45-32(33,34)35/h5-15,17-19,27H,1-4H3,(H,38,43)/b39-31-. The predicted molar refractivity (Wildman–Crippen MR) is 165 cm³/mol. The number of benzene rings is 3. The van der Waals surface area contributed by atoms with Gasteiger partial charge < -0.3 is 14.8 Å². The number of nitrogens with one attached hydrogen (secondary N) is 1. The summed E-state index contributed by atoms with van der Waals surface area (Å²) in [7, 11) is 1.61. The van der Waals surface area contributed by atoms with Crippen LogP contribution < -0.4 is 19.6 Å². The summed E-state index contributed by atoms with van der Waals surface area (Å²) in [6, 6.07) is 18.2. The molecule has 0 saturated carbocycles. The highest BCUT2D eigenvalue weighted by molar-refractivity contribution is 7.07. The minimum absolute atomic E-state index is 0.182. The molecule has 0 aliphatic carbocycles. The maximum Gasteiger partial charge on any atom is 0.573 e. The Morgan fingerprint density at radius 1 is 1.07 bits per heavy atom. The van der Waals surface area contributed by atoms with Gasteiger partial charge in [-0.05, 0) is 66.4 Å². The van der Waals surface area contributed by atoms with E-state index in [1.54, 1.807) is 31.4 Å². The lowest BCUT2D eigenvalue weighted by Crippen LogP contribution is -2.28. The number of thiazole rings is 1. The van der Waals surface area contributed by atoms with Gasteiger partial charge >= 0.3 is 12.4 Å². The number of methoxy groups -OCH3 is 1. The normalized spacial score (nSPS) is 12.5. The SMILES string of the molecule is COc1ccc(-n2c(C)cs/c2=N\C(=O)NC(C#N)c2ccc(-c3ncn(-c4ccc(OC(F)(F)F)cc4)n3)cc2)c(C(C)C)c1. The van der Waals surface area contributed by atoms with Crippen molar-refractivity contribution >= 4 is 17.4 Å². The number of aryl methyl sites for hydroxylation is 1. The third kappa shape index (κ3) is 7.27. The first-order valence-corrected chi connectivity index (χ1v) is 14.8. The zero-order valence-corrected chi connectivity index (χ0v) is 25.9. The van der Waals surface area contributed by atoms with E-state index in [1.165, 1.54) is 46.6 Å². The zero-order chi connectivity index (χ0) is 33.0. The van der Waals surface area contributed by atoms with Crippen LogP contribution in [0.1, 0.15) is 42.6 Å². The molecular formula is C32H28F3N7O3S. The lowest BCUT2D eigenvalue weighted by atomic mass is 10.0. The van der Waals surface area contributed by atoms with Gasteiger partial charge in [-0.2, -0.15) is 10.3 Å². The van der Waals surface area contributed by atoms with E-state index in [9.17, 15) is 23.2 Å². The molecule has 0 saturated heterocycles. The van der Waals surface area contributed by atoms with Gasteiger partial charge in [-0.3, -0.25) is 4.57 Å². The van der Waals surface area contributed by atoms with Crippen LogP contribution in [-0.2, 0) is 0 Å². The Kier molecular flexibility index (Phi) is 9.24. The smallest absolute Gasteiger partial charge is 0.497 e. The number of amides is 2. The third-order valence-electron chi connectivity index (χ3n) is 6.90. The summed E-state index contributed by atoms with van der Waals surface area (Å²) in [4.78, 5) is 22.1. The van der Waals surface area contributed by atoms with Crippen molar-refractivity contribution in [1.29, 1.82) is 5.26 Å². The number of nitriles is 1. The van der Waals surface area contributed by atoms with Crippen LogP contribution >= 0.6 is 11.3 Å². The van der Waals surface area contributed by atoms with Gasteiger partial charge in [0.1, 0.15) is 23.9 Å². The van der Waals surface area contributed by atoms with E-state index in [0.717, 1.165) is 22.7 Å². The average Bonchev–Trinajstić information content (AvgIpc) is 3.66. The van der Waals surface area contributed by atoms with Crippen molar-refractivity contribution in [3.8, 4) is 40.3 Å². The summed E-state index contributed by atoms with van der Waals surface area (Å²) in [5, 5.41) is 18.8. The van der Waals surface area contributed by atoms with E-state index >= 15 is 0 Å². The fourth-order valence-corrected chi connectivity index (χ4v) is 5.53. The number of urea groups is 1. The predicted octanol–water partition coefficient (Wildman–Crippen LogP) is 7.00. The second-order valence-electron chi connectivity index (χ2n) is 10.4. The highest BCUT2D eigenvalue weighted by Gasteiger charge is 2.31. The number of aromatic nitrogens is 4. The summed E-state index contributed by atoms with van der Waals surface area (Å²) in [5.74, 6) is 0.923. The maximum atomic E-state index is 13.0. The van der Waals surface area contributed by atoms with Gasteiger partial charge in [0.2, 0.25) is 0 Å². The Balaban J connectivity index is 1.32. The number of carbonyl (C=O) groups excluding carboxylic acids is 1. The van der Waals surface area contributed by atoms with Crippen molar-refractivity contribution in [3.63, 3.8) is 0 Å². The molecule has 2 heterocycles. The Morgan fingerprint density at radius 3 is 2.39 bits per heavy atom. The summed E-state index contributed by atoms with van der Waals surface area (Å²) in [5.41, 5.74) is 4.46. The highest BCUT2D eigenvalue weighted by Crippen LogP contribution is 2.28. The van der Waals surface area contributed by atoms with Gasteiger partial charge in [-0.15, -0.1) is 29.6 Å². The molecule has 0 spiro atoms. The summed E-state index contributed by atoms with van der Waals surface area (Å²) >= 11 is 1.32. The van der Waals surface area contributed by atoms with Crippen LogP contribution in [0.3, 0.4) is 0 Å². The minimum Gasteiger partial charge on any atom is -0.497 e. The molecule has 1 unspecified atom stereocenters. The van der Waals surface area contributed by atoms with E-state index in [-0.39, 0.29) is 11.7 Å². The number of rotatable bonds is 8. The molecule has 0 radical (unpaired) electrons. The van der Waals surface area contributed by atoms with Gasteiger partial charge in [-0.1, -0.05) is 38.1 Å². The monoisotopic (exact) mass is 647 g/mol. The van der Waals surface area contributed by atoms with Crippen molar-refractivity contribution in [2.75, 3.05) is 7.11 Å². The van der Waals surface area contributed by atoms with Crippen LogP contribution in [0.4, 0.5) is 18.0 Å². The third-order valence-corrected chi connectivity index (χ3v) is 7.84. The van der Waals surface area contributed by atoms with Gasteiger partial charge in [0, 0.05) is 16.6 Å². The molecule has 46 heavy (non-hydrogen) atoms. The first-order chi connectivity index (χ1) is 22.0. The van der Waals surface area contributed by atoms with Crippen LogP contribution in [0.25, 0.3) is 22.8 Å². The number of alkyl halides is 3. The van der Waals surface area contributed by atoms with Crippen LogP contribution in [0, 0.1) is 18.3 Å². The van der Waals surface area contributed by atoms with Crippen LogP contribution in [0.15, 0.2) is 83.4 Å². The first-order valence-electron chi connectivity index (χ1n) is 13.9. The lowest BCUT2D eigenvalue weighted by Gasteiger charge is -2.16. The maximum absolute atomic E-state index is 13.0. The average molecular weight is 648 g/mol. The quantitative estimate of drug-likeness (QED) is 0.194. The Bertz CT molecular complexity index is 1950. The molecule has 2 aromatic heterocycles. The molecule has 3 aromatic carbocycles. The summed E-state index contributed by atoms with van der Waals surface area (Å²) < 4.78 is 49.9. The second kappa shape index (κ2) is 13.3. The largest absolute Gasteiger partial charge is 0.573 e. The van der Waals surface area contributed by atoms with Crippen molar-refractivity contribution < 1.29 is 27.4 Å². The molecule has 0 fully saturated rings. The molecular weight excluding hydrogens is 619 g/mol. The van der Waals surface area contributed by atoms with E-state index in [4.69, 9.17) is 4.74 Å². The molecule has 1 atom stereocenters. The van der Waals surface area contributed by atoms with Crippen molar-refractivity contribution in [2.24, 2.45) is 4.99 Å². The molecule has 5 aromatic rings. The molecule has 0 aliphatic heterocycles. The Morgan fingerprint density at radius 2 is 1.76 bits per heavy atom. The lowest BCUT2D eigenvalue weighted by molar-refractivity contribution is -0.274. The molecule has 0 bridgehead atoms. The minimum atomic E-state index is -4.78.